The molecule has 21 heavy (non-hydrogen) atoms. The minimum absolute atomic E-state index is 0.193. The van der Waals surface area contributed by atoms with Crippen LogP contribution in [-0.2, 0) is 12.8 Å². The number of nitrogens with zero attached hydrogens (tertiary/aromatic N) is 2. The van der Waals surface area contributed by atoms with E-state index in [4.69, 9.17) is 11.1 Å². The molecule has 0 bridgehead atoms. The van der Waals surface area contributed by atoms with Crippen molar-refractivity contribution < 1.29 is 0 Å². The summed E-state index contributed by atoms with van der Waals surface area (Å²) in [7, 11) is 5.86. The Labute approximate surface area is 136 Å². The number of nitrogens with two attached hydrogens (primary N) is 1. The van der Waals surface area contributed by atoms with Gasteiger partial charge in [-0.3, -0.25) is 10.4 Å². The number of rotatable bonds is 6. The molecule has 0 heterocycles. The molecular formula is C15H24N4S2. The number of thioether (sulfide) groups is 2. The molecule has 1 aromatic rings. The van der Waals surface area contributed by atoms with Crippen LogP contribution in [0.1, 0.15) is 11.1 Å². The molecule has 6 heteroatoms. The third kappa shape index (κ3) is 7.43. The number of aliphatic imine (C=N–C) groups is 1. The summed E-state index contributed by atoms with van der Waals surface area (Å²) < 4.78 is 0. The van der Waals surface area contributed by atoms with E-state index in [9.17, 15) is 0 Å². The Morgan fingerprint density at radius 2 is 1.57 bits per heavy atom. The lowest BCUT2D eigenvalue weighted by Crippen LogP contribution is -2.19. The van der Waals surface area contributed by atoms with Gasteiger partial charge in [0.2, 0.25) is 0 Å². The Bertz CT molecular complexity index is 469. The van der Waals surface area contributed by atoms with E-state index in [2.05, 4.69) is 29.3 Å². The molecule has 0 aliphatic heterocycles. The first-order valence-corrected chi connectivity index (χ1v) is 8.81. The molecular weight excluding hydrogens is 300 g/mol. The van der Waals surface area contributed by atoms with Crippen LogP contribution in [0.3, 0.4) is 0 Å². The van der Waals surface area contributed by atoms with Crippen LogP contribution < -0.4 is 5.73 Å². The van der Waals surface area contributed by atoms with E-state index < -0.39 is 0 Å². The molecule has 0 aliphatic rings. The lowest BCUT2D eigenvalue weighted by atomic mass is 10.1. The van der Waals surface area contributed by atoms with Crippen LogP contribution in [0.4, 0.5) is 0 Å². The molecule has 4 nitrogen and oxygen atoms in total. The maximum absolute atomic E-state index is 7.18. The SMILES string of the molecule is CN=C(SCCc1ccc(CCSC(=N)N)cc1)N(C)C. The zero-order valence-electron chi connectivity index (χ0n) is 12.9. The second-order valence-corrected chi connectivity index (χ2v) is 6.98. The normalized spacial score (nSPS) is 11.5. The fourth-order valence-electron chi connectivity index (χ4n) is 1.81. The molecule has 0 spiro atoms. The molecule has 1 aromatic carbocycles. The Balaban J connectivity index is 2.35. The van der Waals surface area contributed by atoms with E-state index in [1.807, 2.05) is 26.0 Å². The molecule has 0 fully saturated rings. The van der Waals surface area contributed by atoms with E-state index in [1.54, 1.807) is 11.8 Å². The highest BCUT2D eigenvalue weighted by atomic mass is 32.2. The highest BCUT2D eigenvalue weighted by Crippen LogP contribution is 2.13. The van der Waals surface area contributed by atoms with Crippen LogP contribution in [0.25, 0.3) is 0 Å². The average Bonchev–Trinajstić information content (AvgIpc) is 2.44. The first kappa shape index (κ1) is 17.9. The Morgan fingerprint density at radius 3 is 1.95 bits per heavy atom. The van der Waals surface area contributed by atoms with Crippen molar-refractivity contribution >= 4 is 33.9 Å². The lowest BCUT2D eigenvalue weighted by Gasteiger charge is -2.14. The average molecular weight is 325 g/mol. The number of benzene rings is 1. The minimum atomic E-state index is 0.193. The number of aryl methyl sites for hydroxylation is 2. The van der Waals surface area contributed by atoms with Crippen molar-refractivity contribution in [3.63, 3.8) is 0 Å². The van der Waals surface area contributed by atoms with Crippen LogP contribution in [-0.4, -0.2) is 47.9 Å². The van der Waals surface area contributed by atoms with E-state index in [-0.39, 0.29) is 5.17 Å². The summed E-state index contributed by atoms with van der Waals surface area (Å²) in [5.41, 5.74) is 7.97. The van der Waals surface area contributed by atoms with Crippen molar-refractivity contribution in [1.82, 2.24) is 4.90 Å². The number of hydrogen-bond donors (Lipinski definition) is 2. The van der Waals surface area contributed by atoms with Crippen molar-refractivity contribution in [2.45, 2.75) is 12.8 Å². The third-order valence-electron chi connectivity index (χ3n) is 2.87. The van der Waals surface area contributed by atoms with Crippen LogP contribution in [0, 0.1) is 5.41 Å². The molecule has 0 amide bonds. The molecule has 3 N–H and O–H groups in total. The van der Waals surface area contributed by atoms with Gasteiger partial charge in [-0.2, -0.15) is 0 Å². The second-order valence-electron chi connectivity index (χ2n) is 4.78. The maximum atomic E-state index is 7.18. The zero-order chi connectivity index (χ0) is 15.7. The quantitative estimate of drug-likeness (QED) is 0.624. The van der Waals surface area contributed by atoms with Gasteiger partial charge >= 0.3 is 0 Å². The van der Waals surface area contributed by atoms with E-state index in [1.165, 1.54) is 22.9 Å². The predicted molar refractivity (Wildman–Crippen MR) is 97.7 cm³/mol. The molecule has 0 saturated heterocycles. The van der Waals surface area contributed by atoms with Gasteiger partial charge < -0.3 is 10.6 Å². The second kappa shape index (κ2) is 9.73. The minimum Gasteiger partial charge on any atom is -0.379 e. The van der Waals surface area contributed by atoms with Gasteiger partial charge in [0.05, 0.1) is 0 Å². The molecule has 0 aromatic heterocycles. The molecule has 0 saturated carbocycles. The van der Waals surface area contributed by atoms with Crippen LogP contribution >= 0.6 is 23.5 Å². The number of nitrogens with one attached hydrogen (secondary N) is 1. The summed E-state index contributed by atoms with van der Waals surface area (Å²) in [6.07, 6.45) is 1.99. The fraction of sp³-hybridized carbons (Fsp3) is 0.467. The van der Waals surface area contributed by atoms with Gasteiger partial charge in [0.25, 0.3) is 0 Å². The third-order valence-corrected chi connectivity index (χ3v) is 4.80. The molecule has 1 rings (SSSR count). The monoisotopic (exact) mass is 324 g/mol. The summed E-state index contributed by atoms with van der Waals surface area (Å²) in [6, 6.07) is 8.71. The van der Waals surface area contributed by atoms with Gasteiger partial charge in [-0.05, 0) is 24.0 Å². The largest absolute Gasteiger partial charge is 0.379 e. The lowest BCUT2D eigenvalue weighted by molar-refractivity contribution is 0.635. The van der Waals surface area contributed by atoms with E-state index in [0.29, 0.717) is 0 Å². The number of amidine groups is 2. The van der Waals surface area contributed by atoms with Gasteiger partial charge in [-0.25, -0.2) is 0 Å². The van der Waals surface area contributed by atoms with E-state index in [0.717, 1.165) is 29.5 Å². The van der Waals surface area contributed by atoms with Crippen molar-refractivity contribution in [2.24, 2.45) is 10.7 Å². The topological polar surface area (TPSA) is 65.5 Å². The number of hydrogen-bond acceptors (Lipinski definition) is 4. The summed E-state index contributed by atoms with van der Waals surface area (Å²) in [6.45, 7) is 0. The molecule has 0 atom stereocenters. The van der Waals surface area contributed by atoms with E-state index >= 15 is 0 Å². The van der Waals surface area contributed by atoms with Crippen molar-refractivity contribution in [3.05, 3.63) is 35.4 Å². The summed E-state index contributed by atoms with van der Waals surface area (Å²) in [5.74, 6) is 1.90. The standard InChI is InChI=1S/C15H24N4S2/c1-18-15(19(2)3)21-11-9-13-6-4-12(5-7-13)8-10-20-14(16)17/h4-7H,8-11H2,1-3H3,(H3,16,17). The van der Waals surface area contributed by atoms with Gasteiger partial charge in [0.15, 0.2) is 10.3 Å². The fourth-order valence-corrected chi connectivity index (χ4v) is 3.27. The van der Waals surface area contributed by atoms with Crippen LogP contribution in [0.15, 0.2) is 29.3 Å². The smallest absolute Gasteiger partial charge is 0.158 e. The zero-order valence-corrected chi connectivity index (χ0v) is 14.6. The molecule has 0 radical (unpaired) electrons. The van der Waals surface area contributed by atoms with Crippen molar-refractivity contribution in [3.8, 4) is 0 Å². The Morgan fingerprint density at radius 1 is 1.10 bits per heavy atom. The highest BCUT2D eigenvalue weighted by Gasteiger charge is 2.02. The summed E-state index contributed by atoms with van der Waals surface area (Å²) >= 11 is 3.17. The Kier molecular flexibility index (Phi) is 8.30. The first-order valence-electron chi connectivity index (χ1n) is 6.84. The Hall–Kier alpha value is -1.14. The van der Waals surface area contributed by atoms with Gasteiger partial charge in [0, 0.05) is 32.6 Å². The molecule has 0 aliphatic carbocycles. The predicted octanol–water partition coefficient (Wildman–Crippen LogP) is 2.68. The van der Waals surface area contributed by atoms with Crippen LogP contribution in [0.2, 0.25) is 0 Å². The highest BCUT2D eigenvalue weighted by molar-refractivity contribution is 8.13. The molecule has 116 valence electrons. The van der Waals surface area contributed by atoms with Gasteiger partial charge in [-0.1, -0.05) is 47.8 Å². The summed E-state index contributed by atoms with van der Waals surface area (Å²) in [4.78, 5) is 6.30. The van der Waals surface area contributed by atoms with Gasteiger partial charge in [0.1, 0.15) is 0 Å². The van der Waals surface area contributed by atoms with Gasteiger partial charge in [-0.15, -0.1) is 0 Å². The molecule has 0 unspecified atom stereocenters. The van der Waals surface area contributed by atoms with Crippen molar-refractivity contribution in [1.29, 1.82) is 5.41 Å². The van der Waals surface area contributed by atoms with Crippen LogP contribution in [0.5, 0.6) is 0 Å². The maximum Gasteiger partial charge on any atom is 0.158 e. The van der Waals surface area contributed by atoms with Crippen molar-refractivity contribution in [2.75, 3.05) is 32.6 Å². The first-order chi connectivity index (χ1) is 10.0. The summed E-state index contributed by atoms with van der Waals surface area (Å²) in [5, 5.41) is 8.43.